The van der Waals surface area contributed by atoms with Gasteiger partial charge in [-0.25, -0.2) is 0 Å². The molecule has 1 aromatic rings. The molecule has 0 spiro atoms. The van der Waals surface area contributed by atoms with Crippen LogP contribution in [0.4, 0.5) is 5.69 Å². The van der Waals surface area contributed by atoms with Gasteiger partial charge < -0.3 is 19.7 Å². The van der Waals surface area contributed by atoms with E-state index in [1.165, 1.54) is 12.1 Å². The average molecular weight is 410 g/mol. The topological polar surface area (TPSA) is 97.3 Å². The zero-order chi connectivity index (χ0) is 20.0. The molecule has 1 amide bonds. The molecule has 2 aliphatic heterocycles. The standard InChI is InChI=1S/C19H27N3O5S/c1-22-11-2-5-18(22)21-28(24,25)17-8-6-15(7-9-17)20-19(23)10-13-26-14-16-4-3-12-27-16/h6-9,16H,2-5,10-14H2,1H3,(H,20,23)/b21-18+. The van der Waals surface area contributed by atoms with Crippen LogP contribution in [0.1, 0.15) is 32.1 Å². The minimum absolute atomic E-state index is 0.109. The van der Waals surface area contributed by atoms with E-state index in [9.17, 15) is 13.2 Å². The smallest absolute Gasteiger partial charge is 0.283 e. The fourth-order valence-electron chi connectivity index (χ4n) is 3.19. The second-order valence-electron chi connectivity index (χ2n) is 7.04. The van der Waals surface area contributed by atoms with Crippen molar-refractivity contribution in [1.82, 2.24) is 4.90 Å². The Bertz CT molecular complexity index is 801. The van der Waals surface area contributed by atoms with E-state index < -0.39 is 10.0 Å². The zero-order valence-electron chi connectivity index (χ0n) is 16.1. The van der Waals surface area contributed by atoms with Gasteiger partial charge in [-0.3, -0.25) is 4.79 Å². The predicted molar refractivity (Wildman–Crippen MR) is 106 cm³/mol. The third-order valence-corrected chi connectivity index (χ3v) is 6.12. The number of nitrogens with zero attached hydrogens (tertiary/aromatic N) is 2. The molecule has 28 heavy (non-hydrogen) atoms. The number of carbonyl (C=O) groups is 1. The van der Waals surface area contributed by atoms with Crippen LogP contribution in [0.3, 0.4) is 0 Å². The lowest BCUT2D eigenvalue weighted by Gasteiger charge is -2.11. The number of nitrogens with one attached hydrogen (secondary N) is 1. The van der Waals surface area contributed by atoms with E-state index in [0.717, 1.165) is 32.4 Å². The van der Waals surface area contributed by atoms with Gasteiger partial charge in [0.1, 0.15) is 5.84 Å². The number of benzene rings is 1. The normalized spacial score (nSPS) is 21.4. The molecule has 2 heterocycles. The number of anilines is 1. The number of amides is 1. The Labute approximate surface area is 166 Å². The zero-order valence-corrected chi connectivity index (χ0v) is 16.9. The SMILES string of the molecule is CN1CCC/C1=N\S(=O)(=O)c1ccc(NC(=O)CCOCC2CCCO2)cc1. The van der Waals surface area contributed by atoms with Crippen LogP contribution in [0.2, 0.25) is 0 Å². The number of ether oxygens (including phenoxy) is 2. The minimum Gasteiger partial charge on any atom is -0.378 e. The molecule has 154 valence electrons. The van der Waals surface area contributed by atoms with Crippen LogP contribution in [0, 0.1) is 0 Å². The first-order chi connectivity index (χ1) is 13.4. The van der Waals surface area contributed by atoms with E-state index in [-0.39, 0.29) is 23.3 Å². The molecule has 1 atom stereocenters. The fourth-order valence-corrected chi connectivity index (χ4v) is 4.28. The number of hydrogen-bond acceptors (Lipinski definition) is 5. The van der Waals surface area contributed by atoms with E-state index in [0.29, 0.717) is 31.2 Å². The Morgan fingerprint density at radius 3 is 2.75 bits per heavy atom. The quantitative estimate of drug-likeness (QED) is 0.660. The largest absolute Gasteiger partial charge is 0.378 e. The van der Waals surface area contributed by atoms with Crippen LogP contribution in [-0.4, -0.2) is 64.6 Å². The van der Waals surface area contributed by atoms with Crippen molar-refractivity contribution in [2.24, 2.45) is 4.40 Å². The van der Waals surface area contributed by atoms with E-state index in [1.54, 1.807) is 12.1 Å². The van der Waals surface area contributed by atoms with Gasteiger partial charge in [-0.15, -0.1) is 4.40 Å². The maximum absolute atomic E-state index is 12.4. The summed E-state index contributed by atoms with van der Waals surface area (Å²) in [4.78, 5) is 14.0. The van der Waals surface area contributed by atoms with Gasteiger partial charge in [-0.05, 0) is 43.5 Å². The Balaban J connectivity index is 1.47. The van der Waals surface area contributed by atoms with Crippen molar-refractivity contribution >= 4 is 27.5 Å². The molecule has 0 bridgehead atoms. The highest BCUT2D eigenvalue weighted by molar-refractivity contribution is 7.90. The monoisotopic (exact) mass is 409 g/mol. The maximum atomic E-state index is 12.4. The highest BCUT2D eigenvalue weighted by Gasteiger charge is 2.20. The van der Waals surface area contributed by atoms with Crippen LogP contribution >= 0.6 is 0 Å². The third-order valence-electron chi connectivity index (χ3n) is 4.80. The summed E-state index contributed by atoms with van der Waals surface area (Å²) >= 11 is 0. The summed E-state index contributed by atoms with van der Waals surface area (Å²) in [5.74, 6) is 0.399. The van der Waals surface area contributed by atoms with E-state index in [2.05, 4.69) is 9.71 Å². The first-order valence-electron chi connectivity index (χ1n) is 9.58. The molecule has 2 fully saturated rings. The maximum Gasteiger partial charge on any atom is 0.283 e. The van der Waals surface area contributed by atoms with Gasteiger partial charge in [-0.1, -0.05) is 0 Å². The first-order valence-corrected chi connectivity index (χ1v) is 11.0. The molecule has 2 saturated heterocycles. The number of amidine groups is 1. The summed E-state index contributed by atoms with van der Waals surface area (Å²) in [6.45, 7) is 2.43. The van der Waals surface area contributed by atoms with E-state index >= 15 is 0 Å². The molecular weight excluding hydrogens is 382 g/mol. The van der Waals surface area contributed by atoms with Gasteiger partial charge >= 0.3 is 0 Å². The Kier molecular flexibility index (Phi) is 7.03. The Morgan fingerprint density at radius 1 is 1.32 bits per heavy atom. The van der Waals surface area contributed by atoms with Gasteiger partial charge in [-0.2, -0.15) is 8.42 Å². The highest BCUT2D eigenvalue weighted by atomic mass is 32.2. The summed E-state index contributed by atoms with van der Waals surface area (Å²) in [7, 11) is -1.91. The summed E-state index contributed by atoms with van der Waals surface area (Å²) in [5.41, 5.74) is 0.536. The Hall–Kier alpha value is -1.97. The van der Waals surface area contributed by atoms with Gasteiger partial charge in [0.25, 0.3) is 10.0 Å². The molecule has 3 rings (SSSR count). The second-order valence-corrected chi connectivity index (χ2v) is 8.64. The molecule has 1 aromatic carbocycles. The van der Waals surface area contributed by atoms with Crippen molar-refractivity contribution in [1.29, 1.82) is 0 Å². The van der Waals surface area contributed by atoms with Crippen molar-refractivity contribution in [3.8, 4) is 0 Å². The molecule has 0 radical (unpaired) electrons. The number of likely N-dealkylation sites (tertiary alicyclic amines) is 1. The van der Waals surface area contributed by atoms with Crippen molar-refractivity contribution in [3.05, 3.63) is 24.3 Å². The van der Waals surface area contributed by atoms with E-state index in [4.69, 9.17) is 9.47 Å². The molecule has 1 unspecified atom stereocenters. The molecule has 2 aliphatic rings. The number of sulfonamides is 1. The van der Waals surface area contributed by atoms with Crippen molar-refractivity contribution in [2.45, 2.75) is 43.1 Å². The van der Waals surface area contributed by atoms with Crippen LogP contribution in [0.25, 0.3) is 0 Å². The fraction of sp³-hybridized carbons (Fsp3) is 0.579. The van der Waals surface area contributed by atoms with Crippen molar-refractivity contribution in [2.75, 3.05) is 38.7 Å². The van der Waals surface area contributed by atoms with Crippen LogP contribution in [-0.2, 0) is 24.3 Å². The van der Waals surface area contributed by atoms with Crippen molar-refractivity contribution in [3.63, 3.8) is 0 Å². The minimum atomic E-state index is -3.75. The molecule has 0 saturated carbocycles. The summed E-state index contributed by atoms with van der Waals surface area (Å²) in [6, 6.07) is 6.04. The highest BCUT2D eigenvalue weighted by Crippen LogP contribution is 2.19. The number of hydrogen-bond donors (Lipinski definition) is 1. The van der Waals surface area contributed by atoms with Gasteiger partial charge in [0.15, 0.2) is 0 Å². The third kappa shape index (κ3) is 5.76. The average Bonchev–Trinajstić information content (AvgIpc) is 3.31. The first kappa shape index (κ1) is 20.8. The Morgan fingerprint density at radius 2 is 2.11 bits per heavy atom. The van der Waals surface area contributed by atoms with Crippen LogP contribution in [0.15, 0.2) is 33.6 Å². The summed E-state index contributed by atoms with van der Waals surface area (Å²) < 4.78 is 39.7. The van der Waals surface area contributed by atoms with Gasteiger partial charge in [0, 0.05) is 32.3 Å². The predicted octanol–water partition coefficient (Wildman–Crippen LogP) is 2.02. The molecule has 1 N–H and O–H groups in total. The molecule has 9 heteroatoms. The van der Waals surface area contributed by atoms with Crippen LogP contribution in [0.5, 0.6) is 0 Å². The lowest BCUT2D eigenvalue weighted by molar-refractivity contribution is -0.117. The van der Waals surface area contributed by atoms with Gasteiger partial charge in [0.2, 0.25) is 5.91 Å². The molecule has 8 nitrogen and oxygen atoms in total. The van der Waals surface area contributed by atoms with Crippen LogP contribution < -0.4 is 5.32 Å². The van der Waals surface area contributed by atoms with E-state index in [1.807, 2.05) is 11.9 Å². The lowest BCUT2D eigenvalue weighted by Crippen LogP contribution is -2.20. The summed E-state index contributed by atoms with van der Waals surface area (Å²) in [5, 5.41) is 2.74. The lowest BCUT2D eigenvalue weighted by atomic mass is 10.2. The summed E-state index contributed by atoms with van der Waals surface area (Å²) in [6.07, 6.45) is 4.01. The number of rotatable bonds is 8. The second kappa shape index (κ2) is 9.49. The molecule has 0 aliphatic carbocycles. The number of carbonyl (C=O) groups excluding carboxylic acids is 1. The van der Waals surface area contributed by atoms with Gasteiger partial charge in [0.05, 0.1) is 30.6 Å². The molecule has 0 aromatic heterocycles. The molecular formula is C19H27N3O5S. The van der Waals surface area contributed by atoms with Crippen molar-refractivity contribution < 1.29 is 22.7 Å².